The SMILES string of the molecule is CN(C1CCCCCC1)C(CN)c1cscc1Br. The molecule has 1 aliphatic carbocycles. The number of thiophene rings is 1. The van der Waals surface area contributed by atoms with Crippen LogP contribution in [0.4, 0.5) is 0 Å². The van der Waals surface area contributed by atoms with Crippen molar-refractivity contribution in [2.24, 2.45) is 5.73 Å². The third-order valence-corrected chi connectivity index (χ3v) is 5.87. The van der Waals surface area contributed by atoms with E-state index in [2.05, 4.69) is 38.6 Å². The van der Waals surface area contributed by atoms with Gasteiger partial charge in [-0.2, -0.15) is 11.3 Å². The molecule has 0 saturated heterocycles. The molecule has 0 bridgehead atoms. The van der Waals surface area contributed by atoms with Crippen molar-refractivity contribution < 1.29 is 0 Å². The summed E-state index contributed by atoms with van der Waals surface area (Å²) in [5.74, 6) is 0. The van der Waals surface area contributed by atoms with E-state index in [-0.39, 0.29) is 0 Å². The highest BCUT2D eigenvalue weighted by atomic mass is 79.9. The third-order valence-electron chi connectivity index (χ3n) is 4.12. The first kappa shape index (κ1) is 14.5. The summed E-state index contributed by atoms with van der Waals surface area (Å²) in [6, 6.07) is 1.06. The topological polar surface area (TPSA) is 29.3 Å². The first-order valence-corrected chi connectivity index (χ1v) is 8.61. The zero-order valence-corrected chi connectivity index (χ0v) is 13.5. The Morgan fingerprint density at radius 3 is 2.50 bits per heavy atom. The number of hydrogen-bond donors (Lipinski definition) is 1. The Balaban J connectivity index is 2.09. The summed E-state index contributed by atoms with van der Waals surface area (Å²) in [5.41, 5.74) is 7.38. The van der Waals surface area contributed by atoms with Gasteiger partial charge in [0, 0.05) is 28.5 Å². The fourth-order valence-electron chi connectivity index (χ4n) is 2.96. The van der Waals surface area contributed by atoms with Crippen LogP contribution in [-0.4, -0.2) is 24.5 Å². The molecule has 18 heavy (non-hydrogen) atoms. The van der Waals surface area contributed by atoms with Gasteiger partial charge in [-0.25, -0.2) is 0 Å². The second kappa shape index (κ2) is 7.04. The minimum Gasteiger partial charge on any atom is -0.329 e. The van der Waals surface area contributed by atoms with Crippen LogP contribution in [-0.2, 0) is 0 Å². The van der Waals surface area contributed by atoms with Crippen LogP contribution in [0, 0.1) is 0 Å². The quantitative estimate of drug-likeness (QED) is 0.839. The largest absolute Gasteiger partial charge is 0.329 e. The van der Waals surface area contributed by atoms with Gasteiger partial charge in [-0.1, -0.05) is 25.7 Å². The minimum atomic E-state index is 0.355. The number of rotatable bonds is 4. The van der Waals surface area contributed by atoms with Gasteiger partial charge in [0.2, 0.25) is 0 Å². The predicted octanol–water partition coefficient (Wildman–Crippen LogP) is 4.17. The Hall–Kier alpha value is 0.100. The van der Waals surface area contributed by atoms with E-state index in [1.807, 2.05) is 0 Å². The van der Waals surface area contributed by atoms with Gasteiger partial charge in [0.25, 0.3) is 0 Å². The van der Waals surface area contributed by atoms with Gasteiger partial charge < -0.3 is 5.73 Å². The van der Waals surface area contributed by atoms with Crippen LogP contribution in [0.15, 0.2) is 15.2 Å². The summed E-state index contributed by atoms with van der Waals surface area (Å²) in [4.78, 5) is 2.51. The zero-order valence-electron chi connectivity index (χ0n) is 11.1. The van der Waals surface area contributed by atoms with E-state index in [1.54, 1.807) is 11.3 Å². The van der Waals surface area contributed by atoms with Crippen molar-refractivity contribution in [1.82, 2.24) is 4.90 Å². The molecule has 0 aromatic carbocycles. The fourth-order valence-corrected chi connectivity index (χ4v) is 4.57. The maximum atomic E-state index is 6.02. The molecule has 1 atom stereocenters. The zero-order chi connectivity index (χ0) is 13.0. The summed E-state index contributed by atoms with van der Waals surface area (Å²) >= 11 is 5.39. The Bertz CT molecular complexity index is 358. The molecule has 0 radical (unpaired) electrons. The molecule has 1 aromatic rings. The highest BCUT2D eigenvalue weighted by Gasteiger charge is 2.25. The molecule has 1 heterocycles. The Kier molecular flexibility index (Phi) is 5.67. The van der Waals surface area contributed by atoms with Crippen molar-refractivity contribution in [3.8, 4) is 0 Å². The molecule has 1 aromatic heterocycles. The van der Waals surface area contributed by atoms with Gasteiger partial charge in [-0.3, -0.25) is 4.90 Å². The van der Waals surface area contributed by atoms with Gasteiger partial charge in [0.1, 0.15) is 0 Å². The predicted molar refractivity (Wildman–Crippen MR) is 83.1 cm³/mol. The number of hydrogen-bond acceptors (Lipinski definition) is 3. The average molecular weight is 331 g/mol. The lowest BCUT2D eigenvalue weighted by Crippen LogP contribution is -2.38. The maximum absolute atomic E-state index is 6.02. The van der Waals surface area contributed by atoms with E-state index in [1.165, 1.54) is 48.6 Å². The first-order valence-electron chi connectivity index (χ1n) is 6.87. The molecule has 1 fully saturated rings. The highest BCUT2D eigenvalue weighted by Crippen LogP contribution is 2.33. The maximum Gasteiger partial charge on any atom is 0.0489 e. The van der Waals surface area contributed by atoms with Crippen LogP contribution in [0.5, 0.6) is 0 Å². The highest BCUT2D eigenvalue weighted by molar-refractivity contribution is 9.10. The second-order valence-electron chi connectivity index (χ2n) is 5.24. The van der Waals surface area contributed by atoms with Crippen molar-refractivity contribution in [2.75, 3.05) is 13.6 Å². The van der Waals surface area contributed by atoms with Crippen molar-refractivity contribution in [2.45, 2.75) is 50.6 Å². The van der Waals surface area contributed by atoms with Crippen LogP contribution in [0.3, 0.4) is 0 Å². The van der Waals surface area contributed by atoms with Crippen molar-refractivity contribution >= 4 is 27.3 Å². The summed E-state index contributed by atoms with van der Waals surface area (Å²) in [5, 5.41) is 4.38. The van der Waals surface area contributed by atoms with Gasteiger partial charge >= 0.3 is 0 Å². The number of nitrogens with two attached hydrogens (primary N) is 1. The lowest BCUT2D eigenvalue weighted by molar-refractivity contribution is 0.161. The molecule has 0 spiro atoms. The molecule has 2 nitrogen and oxygen atoms in total. The van der Waals surface area contributed by atoms with Crippen molar-refractivity contribution in [3.05, 3.63) is 20.8 Å². The molecule has 2 N–H and O–H groups in total. The molecule has 4 heteroatoms. The standard InChI is InChI=1S/C14H23BrN2S/c1-17(11-6-4-2-3-5-7-11)14(8-16)12-9-18-10-13(12)15/h9-11,14H,2-8,16H2,1H3. The van der Waals surface area contributed by atoms with E-state index in [9.17, 15) is 0 Å². The molecule has 1 aliphatic rings. The molecule has 1 saturated carbocycles. The third kappa shape index (κ3) is 3.35. The summed E-state index contributed by atoms with van der Waals surface area (Å²) in [6.07, 6.45) is 8.21. The number of halogens is 1. The molecular formula is C14H23BrN2S. The van der Waals surface area contributed by atoms with Crippen LogP contribution >= 0.6 is 27.3 Å². The molecule has 102 valence electrons. The monoisotopic (exact) mass is 330 g/mol. The smallest absolute Gasteiger partial charge is 0.0489 e. The summed E-state index contributed by atoms with van der Waals surface area (Å²) in [7, 11) is 2.25. The van der Waals surface area contributed by atoms with Crippen molar-refractivity contribution in [1.29, 1.82) is 0 Å². The molecule has 0 aliphatic heterocycles. The van der Waals surface area contributed by atoms with E-state index in [0.717, 1.165) is 0 Å². The van der Waals surface area contributed by atoms with Gasteiger partial charge in [-0.15, -0.1) is 0 Å². The van der Waals surface area contributed by atoms with Gasteiger partial charge in [0.05, 0.1) is 0 Å². The second-order valence-corrected chi connectivity index (χ2v) is 6.84. The van der Waals surface area contributed by atoms with E-state index < -0.39 is 0 Å². The number of nitrogens with zero attached hydrogens (tertiary/aromatic N) is 1. The fraction of sp³-hybridized carbons (Fsp3) is 0.714. The average Bonchev–Trinajstić information content (AvgIpc) is 2.66. The Morgan fingerprint density at radius 2 is 2.00 bits per heavy atom. The number of likely N-dealkylation sites (N-methyl/N-ethyl adjacent to an activating group) is 1. The first-order chi connectivity index (χ1) is 8.74. The lowest BCUT2D eigenvalue weighted by atomic mass is 10.0. The van der Waals surface area contributed by atoms with Crippen LogP contribution in [0.1, 0.15) is 50.1 Å². The van der Waals surface area contributed by atoms with E-state index >= 15 is 0 Å². The lowest BCUT2D eigenvalue weighted by Gasteiger charge is -2.34. The van der Waals surface area contributed by atoms with E-state index in [4.69, 9.17) is 5.73 Å². The van der Waals surface area contributed by atoms with Gasteiger partial charge in [-0.05, 0) is 46.8 Å². The normalized spacial score (nSPS) is 20.0. The van der Waals surface area contributed by atoms with Crippen LogP contribution < -0.4 is 5.73 Å². The molecule has 0 amide bonds. The van der Waals surface area contributed by atoms with Gasteiger partial charge in [0.15, 0.2) is 0 Å². The summed E-state index contributed by atoms with van der Waals surface area (Å²) < 4.78 is 1.21. The van der Waals surface area contributed by atoms with E-state index in [0.29, 0.717) is 18.6 Å². The Morgan fingerprint density at radius 1 is 1.33 bits per heavy atom. The van der Waals surface area contributed by atoms with Crippen molar-refractivity contribution in [3.63, 3.8) is 0 Å². The minimum absolute atomic E-state index is 0.355. The molecule has 2 rings (SSSR count). The molecule has 1 unspecified atom stereocenters. The van der Waals surface area contributed by atoms with Crippen LogP contribution in [0.25, 0.3) is 0 Å². The van der Waals surface area contributed by atoms with Crippen LogP contribution in [0.2, 0.25) is 0 Å². The Labute approximate surface area is 123 Å². The molecular weight excluding hydrogens is 308 g/mol. The summed E-state index contributed by atoms with van der Waals surface area (Å²) in [6.45, 7) is 0.697.